The van der Waals surface area contributed by atoms with E-state index in [9.17, 15) is 4.79 Å². The first-order chi connectivity index (χ1) is 11.1. The Morgan fingerprint density at radius 3 is 2.75 bits per heavy atom. The van der Waals surface area contributed by atoms with Gasteiger partial charge in [-0.1, -0.05) is 13.3 Å². The number of carbonyl (C=O) groups is 1. The van der Waals surface area contributed by atoms with Gasteiger partial charge in [-0.2, -0.15) is 0 Å². The van der Waals surface area contributed by atoms with Gasteiger partial charge in [0.05, 0.1) is 13.7 Å². The smallest absolute Gasteiger partial charge is 0.254 e. The summed E-state index contributed by atoms with van der Waals surface area (Å²) in [5, 5.41) is 3.39. The monoisotopic (exact) mass is 356 g/mol. The topological polar surface area (TPSA) is 50.8 Å². The number of benzene rings is 1. The van der Waals surface area contributed by atoms with Crippen molar-refractivity contribution in [1.29, 1.82) is 0 Å². The third kappa shape index (κ3) is 4.77. The van der Waals surface area contributed by atoms with E-state index in [0.29, 0.717) is 29.7 Å². The highest BCUT2D eigenvalue weighted by Crippen LogP contribution is 2.29. The van der Waals surface area contributed by atoms with E-state index in [1.54, 1.807) is 13.2 Å². The van der Waals surface area contributed by atoms with Crippen LogP contribution in [0.5, 0.6) is 11.5 Å². The molecule has 0 saturated carbocycles. The van der Waals surface area contributed by atoms with Gasteiger partial charge in [0.25, 0.3) is 5.91 Å². The van der Waals surface area contributed by atoms with Gasteiger partial charge in [-0.05, 0) is 38.5 Å². The Hall–Kier alpha value is -1.46. The maximum absolute atomic E-state index is 12.8. The molecule has 1 fully saturated rings. The summed E-state index contributed by atoms with van der Waals surface area (Å²) in [6.07, 6.45) is 2.08. The van der Waals surface area contributed by atoms with Crippen molar-refractivity contribution in [3.8, 4) is 11.5 Å². The molecule has 0 spiro atoms. The van der Waals surface area contributed by atoms with Crippen LogP contribution in [0.25, 0.3) is 0 Å². The summed E-state index contributed by atoms with van der Waals surface area (Å²) in [6, 6.07) is 5.90. The molecule has 1 heterocycles. The lowest BCUT2D eigenvalue weighted by Gasteiger charge is -2.38. The molecule has 6 heteroatoms. The number of amides is 1. The highest BCUT2D eigenvalue weighted by atomic mass is 35.5. The first-order valence-electron chi connectivity index (χ1n) is 8.43. The van der Waals surface area contributed by atoms with Gasteiger partial charge in [-0.3, -0.25) is 4.79 Å². The highest BCUT2D eigenvalue weighted by Gasteiger charge is 2.29. The van der Waals surface area contributed by atoms with Crippen LogP contribution in [0.1, 0.15) is 44.0 Å². The van der Waals surface area contributed by atoms with Crippen molar-refractivity contribution in [3.05, 3.63) is 23.8 Å². The zero-order valence-electron chi connectivity index (χ0n) is 15.0. The summed E-state index contributed by atoms with van der Waals surface area (Å²) in [6.45, 7) is 8.52. The van der Waals surface area contributed by atoms with Crippen molar-refractivity contribution in [2.45, 2.75) is 45.7 Å². The Balaban J connectivity index is 0.00000288. The van der Waals surface area contributed by atoms with Gasteiger partial charge in [-0.25, -0.2) is 0 Å². The van der Waals surface area contributed by atoms with E-state index >= 15 is 0 Å². The Morgan fingerprint density at radius 1 is 1.33 bits per heavy atom. The minimum absolute atomic E-state index is 0. The quantitative estimate of drug-likeness (QED) is 0.796. The number of hydrogen-bond donors (Lipinski definition) is 1. The van der Waals surface area contributed by atoms with E-state index in [0.717, 1.165) is 25.9 Å². The number of nitrogens with zero attached hydrogens (tertiary/aromatic N) is 1. The van der Waals surface area contributed by atoms with E-state index in [1.807, 2.05) is 17.0 Å². The fourth-order valence-electron chi connectivity index (χ4n) is 2.76. The molecule has 1 saturated heterocycles. The average molecular weight is 357 g/mol. The molecular formula is C18H29ClN2O3. The fourth-order valence-corrected chi connectivity index (χ4v) is 2.76. The van der Waals surface area contributed by atoms with Crippen LogP contribution >= 0.6 is 12.4 Å². The molecule has 1 aromatic rings. The second-order valence-electron chi connectivity index (χ2n) is 6.05. The Labute approximate surface area is 151 Å². The fraction of sp³-hybridized carbons (Fsp3) is 0.611. The number of ether oxygens (including phenoxy) is 2. The molecule has 136 valence electrons. The maximum Gasteiger partial charge on any atom is 0.254 e. The van der Waals surface area contributed by atoms with Gasteiger partial charge in [0.15, 0.2) is 11.5 Å². The Morgan fingerprint density at radius 2 is 2.08 bits per heavy atom. The standard InChI is InChI=1S/C18H28N2O3.ClH/c1-5-6-11-23-16-8-7-15(12-17(16)22-4)18(21)20-10-9-19-13(2)14(20)3;/h7-8,12-14,19H,5-6,9-11H2,1-4H3;1H. The molecular weight excluding hydrogens is 328 g/mol. The summed E-state index contributed by atoms with van der Waals surface area (Å²) in [5.41, 5.74) is 0.644. The van der Waals surface area contributed by atoms with Crippen LogP contribution < -0.4 is 14.8 Å². The van der Waals surface area contributed by atoms with E-state index in [4.69, 9.17) is 9.47 Å². The van der Waals surface area contributed by atoms with Crippen LogP contribution in [0, 0.1) is 0 Å². The SMILES string of the molecule is CCCCOc1ccc(C(=O)N2CCNC(C)C2C)cc1OC.Cl. The van der Waals surface area contributed by atoms with Crippen LogP contribution in [-0.2, 0) is 0 Å². The van der Waals surface area contributed by atoms with Crippen molar-refractivity contribution in [2.75, 3.05) is 26.8 Å². The zero-order valence-corrected chi connectivity index (χ0v) is 15.8. The van der Waals surface area contributed by atoms with Gasteiger partial charge in [0.2, 0.25) is 0 Å². The molecule has 1 N–H and O–H groups in total. The predicted octanol–water partition coefficient (Wildman–Crippen LogP) is 3.12. The van der Waals surface area contributed by atoms with Crippen LogP contribution in [0.2, 0.25) is 0 Å². The third-order valence-corrected chi connectivity index (χ3v) is 4.46. The third-order valence-electron chi connectivity index (χ3n) is 4.46. The molecule has 0 aliphatic carbocycles. The first-order valence-corrected chi connectivity index (χ1v) is 8.43. The van der Waals surface area contributed by atoms with Crippen LogP contribution in [0.3, 0.4) is 0 Å². The minimum Gasteiger partial charge on any atom is -0.493 e. The molecule has 0 aromatic heterocycles. The average Bonchev–Trinajstić information content (AvgIpc) is 2.57. The molecule has 0 bridgehead atoms. The van der Waals surface area contributed by atoms with Crippen molar-refractivity contribution in [2.24, 2.45) is 0 Å². The lowest BCUT2D eigenvalue weighted by atomic mass is 10.1. The second-order valence-corrected chi connectivity index (χ2v) is 6.05. The lowest BCUT2D eigenvalue weighted by Crippen LogP contribution is -2.57. The number of hydrogen-bond acceptors (Lipinski definition) is 4. The van der Waals surface area contributed by atoms with Crippen molar-refractivity contribution in [1.82, 2.24) is 10.2 Å². The van der Waals surface area contributed by atoms with E-state index in [2.05, 4.69) is 26.1 Å². The van der Waals surface area contributed by atoms with Gasteiger partial charge < -0.3 is 19.7 Å². The summed E-state index contributed by atoms with van der Waals surface area (Å²) in [7, 11) is 1.60. The molecule has 2 unspecified atom stereocenters. The molecule has 1 aliphatic heterocycles. The normalized spacial score (nSPS) is 20.2. The van der Waals surface area contributed by atoms with Crippen LogP contribution in [0.15, 0.2) is 18.2 Å². The van der Waals surface area contributed by atoms with Crippen molar-refractivity contribution >= 4 is 18.3 Å². The first kappa shape index (κ1) is 20.6. The van der Waals surface area contributed by atoms with E-state index in [-0.39, 0.29) is 24.4 Å². The van der Waals surface area contributed by atoms with Crippen molar-refractivity contribution in [3.63, 3.8) is 0 Å². The maximum atomic E-state index is 12.8. The number of nitrogens with one attached hydrogen (secondary N) is 1. The lowest BCUT2D eigenvalue weighted by molar-refractivity contribution is 0.0602. The second kappa shape index (κ2) is 9.74. The Kier molecular flexibility index (Phi) is 8.36. The van der Waals surface area contributed by atoms with Gasteiger partial charge in [0.1, 0.15) is 0 Å². The summed E-state index contributed by atoms with van der Waals surface area (Å²) in [5.74, 6) is 1.35. The molecule has 2 atom stereocenters. The molecule has 1 amide bonds. The number of methoxy groups -OCH3 is 1. The Bertz CT molecular complexity index is 539. The van der Waals surface area contributed by atoms with E-state index in [1.165, 1.54) is 0 Å². The van der Waals surface area contributed by atoms with Gasteiger partial charge in [0, 0.05) is 30.7 Å². The van der Waals surface area contributed by atoms with Gasteiger partial charge in [-0.15, -0.1) is 12.4 Å². The summed E-state index contributed by atoms with van der Waals surface area (Å²) < 4.78 is 11.1. The molecule has 2 rings (SSSR count). The summed E-state index contributed by atoms with van der Waals surface area (Å²) in [4.78, 5) is 14.7. The molecule has 24 heavy (non-hydrogen) atoms. The zero-order chi connectivity index (χ0) is 16.8. The van der Waals surface area contributed by atoms with Crippen LogP contribution in [-0.4, -0.2) is 49.7 Å². The molecule has 5 nitrogen and oxygen atoms in total. The number of rotatable bonds is 6. The highest BCUT2D eigenvalue weighted by molar-refractivity contribution is 5.95. The van der Waals surface area contributed by atoms with Gasteiger partial charge >= 0.3 is 0 Å². The predicted molar refractivity (Wildman–Crippen MR) is 98.6 cm³/mol. The van der Waals surface area contributed by atoms with Crippen molar-refractivity contribution < 1.29 is 14.3 Å². The number of piperazine rings is 1. The number of unbranched alkanes of at least 4 members (excludes halogenated alkanes) is 1. The van der Waals surface area contributed by atoms with Crippen LogP contribution in [0.4, 0.5) is 0 Å². The molecule has 1 aromatic carbocycles. The molecule has 0 radical (unpaired) electrons. The minimum atomic E-state index is 0. The molecule has 1 aliphatic rings. The summed E-state index contributed by atoms with van der Waals surface area (Å²) >= 11 is 0. The largest absolute Gasteiger partial charge is 0.493 e. The number of halogens is 1. The number of carbonyl (C=O) groups excluding carboxylic acids is 1. The van der Waals surface area contributed by atoms with E-state index < -0.39 is 0 Å².